The minimum atomic E-state index is 0.650. The van der Waals surface area contributed by atoms with Gasteiger partial charge in [-0.15, -0.1) is 10.2 Å². The molecule has 1 aromatic heterocycles. The van der Waals surface area contributed by atoms with Crippen molar-refractivity contribution in [2.24, 2.45) is 0 Å². The predicted octanol–water partition coefficient (Wildman–Crippen LogP) is 0.220. The Morgan fingerprint density at radius 2 is 2.10 bits per heavy atom. The first-order chi connectivity index (χ1) is 4.97. The fourth-order valence-corrected chi connectivity index (χ4v) is 0.713. The quantitative estimate of drug-likeness (QED) is 0.513. The lowest BCUT2D eigenvalue weighted by Gasteiger charge is -1.87. The molecule has 0 unspecified atom stereocenters. The Morgan fingerprint density at radius 3 is 3.00 bits per heavy atom. The van der Waals surface area contributed by atoms with Crippen molar-refractivity contribution >= 4 is 11.0 Å². The zero-order valence-electron chi connectivity index (χ0n) is 5.02. The van der Waals surface area contributed by atoms with E-state index in [-0.39, 0.29) is 0 Å². The highest BCUT2D eigenvalue weighted by Crippen LogP contribution is 2.01. The molecular formula is C6H3N4. The van der Waals surface area contributed by atoms with E-state index in [0.717, 1.165) is 5.52 Å². The van der Waals surface area contributed by atoms with Crippen LogP contribution in [0.2, 0.25) is 0 Å². The van der Waals surface area contributed by atoms with Gasteiger partial charge in [-0.05, 0) is 16.5 Å². The number of aromatic nitrogens is 4. The fraction of sp³-hybridized carbons (Fsp3) is 0. The van der Waals surface area contributed by atoms with Gasteiger partial charge in [0.15, 0.2) is 0 Å². The maximum Gasteiger partial charge on any atom is 0.123 e. The Labute approximate surface area is 56.9 Å². The molecule has 0 N–H and O–H groups in total. The van der Waals surface area contributed by atoms with Crippen LogP contribution in [0.5, 0.6) is 0 Å². The van der Waals surface area contributed by atoms with Crippen molar-refractivity contribution in [1.82, 2.24) is 20.6 Å². The van der Waals surface area contributed by atoms with E-state index in [4.69, 9.17) is 0 Å². The van der Waals surface area contributed by atoms with Gasteiger partial charge in [0.1, 0.15) is 11.0 Å². The van der Waals surface area contributed by atoms with Crippen molar-refractivity contribution in [3.63, 3.8) is 0 Å². The normalized spacial score (nSPS) is 10.0. The molecule has 1 heterocycles. The molecule has 0 atom stereocenters. The van der Waals surface area contributed by atoms with Gasteiger partial charge in [-0.2, -0.15) is 0 Å². The van der Waals surface area contributed by atoms with Gasteiger partial charge < -0.3 is 0 Å². The molecule has 0 amide bonds. The molecule has 0 spiro atoms. The predicted molar refractivity (Wildman–Crippen MR) is 34.0 cm³/mol. The molecule has 2 rings (SSSR count). The highest BCUT2D eigenvalue weighted by atomic mass is 15.4. The fourth-order valence-electron chi connectivity index (χ4n) is 0.713. The van der Waals surface area contributed by atoms with Crippen molar-refractivity contribution in [1.29, 1.82) is 0 Å². The summed E-state index contributed by atoms with van der Waals surface area (Å²) in [6, 6.07) is 8.28. The first-order valence-corrected chi connectivity index (χ1v) is 2.79. The lowest BCUT2D eigenvalue weighted by Crippen LogP contribution is -1.90. The summed E-state index contributed by atoms with van der Waals surface area (Å²) in [5.41, 5.74) is 1.37. The van der Waals surface area contributed by atoms with E-state index < -0.39 is 0 Å². The number of nitrogens with zero attached hydrogens (tertiary/aromatic N) is 4. The largest absolute Gasteiger partial charge is 0.127 e. The van der Waals surface area contributed by atoms with Crippen molar-refractivity contribution in [3.8, 4) is 0 Å². The van der Waals surface area contributed by atoms with Crippen molar-refractivity contribution in [2.45, 2.75) is 0 Å². The number of hydrogen-bond donors (Lipinski definition) is 0. The molecule has 0 fully saturated rings. The number of hydrogen-bond acceptors (Lipinski definition) is 4. The van der Waals surface area contributed by atoms with Crippen LogP contribution in [0.3, 0.4) is 0 Å². The van der Waals surface area contributed by atoms with Gasteiger partial charge in [0.25, 0.3) is 0 Å². The maximum absolute atomic E-state index is 3.73. The summed E-state index contributed by atoms with van der Waals surface area (Å²) in [4.78, 5) is 0. The van der Waals surface area contributed by atoms with Crippen molar-refractivity contribution in [3.05, 3.63) is 24.3 Å². The van der Waals surface area contributed by atoms with Gasteiger partial charge in [-0.3, -0.25) is 0 Å². The lowest BCUT2D eigenvalue weighted by atomic mass is 10.3. The van der Waals surface area contributed by atoms with Crippen LogP contribution in [0.4, 0.5) is 0 Å². The molecule has 0 aliphatic carbocycles. The summed E-state index contributed by atoms with van der Waals surface area (Å²) < 4.78 is 0. The molecule has 1 aromatic carbocycles. The molecule has 0 saturated carbocycles. The number of fused-ring (bicyclic) bond motifs is 1. The number of benzene rings is 1. The molecular weight excluding hydrogens is 128 g/mol. The monoisotopic (exact) mass is 131 g/mol. The topological polar surface area (TPSA) is 51.6 Å². The molecule has 0 bridgehead atoms. The molecule has 2 aromatic rings. The van der Waals surface area contributed by atoms with Gasteiger partial charge in [0.05, 0.1) is 0 Å². The van der Waals surface area contributed by atoms with Crippen LogP contribution in [0.15, 0.2) is 18.2 Å². The van der Waals surface area contributed by atoms with Crippen molar-refractivity contribution in [2.75, 3.05) is 0 Å². The van der Waals surface area contributed by atoms with Crippen LogP contribution in [-0.2, 0) is 0 Å². The summed E-state index contributed by atoms with van der Waals surface area (Å²) in [6.45, 7) is 0. The highest BCUT2D eigenvalue weighted by Gasteiger charge is 1.91. The van der Waals surface area contributed by atoms with Gasteiger partial charge in [0, 0.05) is 6.07 Å². The highest BCUT2D eigenvalue weighted by molar-refractivity contribution is 5.71. The van der Waals surface area contributed by atoms with E-state index in [1.165, 1.54) is 0 Å². The van der Waals surface area contributed by atoms with E-state index >= 15 is 0 Å². The van der Waals surface area contributed by atoms with Crippen LogP contribution < -0.4 is 0 Å². The Morgan fingerprint density at radius 1 is 1.20 bits per heavy atom. The van der Waals surface area contributed by atoms with Gasteiger partial charge in [0.2, 0.25) is 0 Å². The third kappa shape index (κ3) is 0.699. The molecule has 0 aliphatic heterocycles. The summed E-state index contributed by atoms with van der Waals surface area (Å²) in [5, 5.41) is 14.2. The molecule has 4 nitrogen and oxygen atoms in total. The van der Waals surface area contributed by atoms with Crippen molar-refractivity contribution < 1.29 is 0 Å². The molecule has 47 valence electrons. The lowest BCUT2D eigenvalue weighted by molar-refractivity contribution is 0.797. The summed E-state index contributed by atoms with van der Waals surface area (Å²) in [6.07, 6.45) is 0. The minimum Gasteiger partial charge on any atom is -0.127 e. The summed E-state index contributed by atoms with van der Waals surface area (Å²) >= 11 is 0. The first-order valence-electron chi connectivity index (χ1n) is 2.79. The van der Waals surface area contributed by atoms with E-state index in [1.807, 2.05) is 12.1 Å². The zero-order valence-corrected chi connectivity index (χ0v) is 5.02. The van der Waals surface area contributed by atoms with Gasteiger partial charge in [-0.25, -0.2) is 0 Å². The molecule has 1 radical (unpaired) electrons. The van der Waals surface area contributed by atoms with E-state index in [9.17, 15) is 0 Å². The summed E-state index contributed by atoms with van der Waals surface area (Å²) in [5.74, 6) is 0. The standard InChI is InChI=1S/C6H3N4/c1-2-4-6-5(3-1)7-9-10-8-6/h1-3H. The van der Waals surface area contributed by atoms with Crippen LogP contribution >= 0.6 is 0 Å². The third-order valence-corrected chi connectivity index (χ3v) is 1.15. The first kappa shape index (κ1) is 5.22. The van der Waals surface area contributed by atoms with Gasteiger partial charge >= 0.3 is 0 Å². The average molecular weight is 131 g/mol. The molecule has 0 saturated heterocycles. The Bertz CT molecular complexity index is 281. The Kier molecular flexibility index (Phi) is 1.04. The van der Waals surface area contributed by atoms with E-state index in [1.54, 1.807) is 6.07 Å². The van der Waals surface area contributed by atoms with E-state index in [2.05, 4.69) is 26.7 Å². The summed E-state index contributed by atoms with van der Waals surface area (Å²) in [7, 11) is 0. The van der Waals surface area contributed by atoms with Crippen LogP contribution in [0, 0.1) is 6.07 Å². The third-order valence-electron chi connectivity index (χ3n) is 1.15. The van der Waals surface area contributed by atoms with Crippen LogP contribution in [0.1, 0.15) is 0 Å². The average Bonchev–Trinajstić information content (AvgIpc) is 2.05. The second-order valence-corrected chi connectivity index (χ2v) is 1.78. The Hall–Kier alpha value is -1.58. The minimum absolute atomic E-state index is 0.650. The van der Waals surface area contributed by atoms with E-state index in [0.29, 0.717) is 5.52 Å². The molecule has 4 heteroatoms. The maximum atomic E-state index is 3.73. The second-order valence-electron chi connectivity index (χ2n) is 1.78. The molecule has 0 aliphatic rings. The smallest absolute Gasteiger partial charge is 0.123 e. The second kappa shape index (κ2) is 1.98. The Balaban J connectivity index is 2.89. The van der Waals surface area contributed by atoms with Crippen LogP contribution in [-0.4, -0.2) is 20.6 Å². The number of rotatable bonds is 0. The van der Waals surface area contributed by atoms with Crippen LogP contribution in [0.25, 0.3) is 11.0 Å². The molecule has 10 heavy (non-hydrogen) atoms. The SMILES string of the molecule is [c]1cccc2nnnnc12. The van der Waals surface area contributed by atoms with Gasteiger partial charge in [-0.1, -0.05) is 12.1 Å². The zero-order chi connectivity index (χ0) is 6.81.